The van der Waals surface area contributed by atoms with Crippen LogP contribution in [-0.2, 0) is 29.3 Å². The van der Waals surface area contributed by atoms with Crippen molar-refractivity contribution in [2.45, 2.75) is 84.2 Å². The third-order valence-corrected chi connectivity index (χ3v) is 8.64. The van der Waals surface area contributed by atoms with Crippen LogP contribution in [0.1, 0.15) is 116 Å². The Morgan fingerprint density at radius 3 is 1.58 bits per heavy atom. The van der Waals surface area contributed by atoms with Gasteiger partial charge < -0.3 is 15.1 Å². The average molecular weight is 641 g/mol. The summed E-state index contributed by atoms with van der Waals surface area (Å²) in [6, 6.07) is 20.1. The van der Waals surface area contributed by atoms with E-state index in [1.54, 1.807) is 0 Å². The second-order valence-electron chi connectivity index (χ2n) is 11.9. The molecule has 0 amide bonds. The molecule has 0 fully saturated rings. The van der Waals surface area contributed by atoms with Crippen molar-refractivity contribution in [3.63, 3.8) is 0 Å². The molecule has 3 aromatic heterocycles. The minimum absolute atomic E-state index is 0. The maximum absolute atomic E-state index is 11.8. The van der Waals surface area contributed by atoms with E-state index in [2.05, 4.69) is 56.4 Å². The maximum Gasteiger partial charge on any atom is 2.00 e. The Labute approximate surface area is 276 Å². The number of rotatable bonds is 12. The fraction of sp³-hybridized carbons (Fsp3) is 0.333. The summed E-state index contributed by atoms with van der Waals surface area (Å²) in [6.45, 7) is 4.47. The van der Waals surface area contributed by atoms with Gasteiger partial charge in [0, 0.05) is 0 Å². The number of hydrogen-bond acceptors (Lipinski definition) is 3. The standard InChI is InChI=1S/C39H42N4O.Ni/c1-3-5-7-12-16-30-32-20-18-28(40-32)26-29-19-21-33(41-29)31(17-13-8-6-4-2)35-23-25-37(43-35)38(36-24-22-34(30)42-36)39(44)27-14-10-9-11-15-27;/h9-11,14-15,18-26,39,44H,3-8,12-13,16-17H2,1-2H3;/q-2;+2. The topological polar surface area (TPSA) is 74.2 Å². The van der Waals surface area contributed by atoms with Gasteiger partial charge in [0.25, 0.3) is 0 Å². The number of aliphatic hydroxyl groups excluding tert-OH is 1. The molecule has 1 atom stereocenters. The van der Waals surface area contributed by atoms with E-state index in [4.69, 9.17) is 19.9 Å². The monoisotopic (exact) mass is 640 g/mol. The maximum atomic E-state index is 11.8. The SMILES string of the molecule is CCCCCCc1c2nc(cc3nc(c(CCCCCC)c4ccc([n-]4)c(C(O)c4ccccc4)c4ccc1[n-]4)C=C3)C=C2.[Ni+2]. The number of aromatic nitrogens is 4. The number of nitrogens with zero attached hydrogens (tertiary/aromatic N) is 4. The molecular weight excluding hydrogens is 599 g/mol. The molecule has 1 aromatic carbocycles. The quantitative estimate of drug-likeness (QED) is 0.107. The first-order chi connectivity index (χ1) is 21.6. The van der Waals surface area contributed by atoms with E-state index in [9.17, 15) is 5.11 Å². The van der Waals surface area contributed by atoms with Gasteiger partial charge in [0.1, 0.15) is 6.10 Å². The molecule has 5 nitrogen and oxygen atoms in total. The molecule has 8 bridgehead atoms. The number of aliphatic hydroxyl groups is 1. The van der Waals surface area contributed by atoms with Crippen molar-refractivity contribution in [3.05, 3.63) is 106 Å². The molecule has 4 aromatic rings. The molecular formula is C39H42N4NiO. The summed E-state index contributed by atoms with van der Waals surface area (Å²) in [5.41, 5.74) is 10.9. The van der Waals surface area contributed by atoms with Crippen molar-refractivity contribution < 1.29 is 21.6 Å². The van der Waals surface area contributed by atoms with Crippen LogP contribution in [0.25, 0.3) is 46.4 Å². The first kappa shape index (κ1) is 32.7. The minimum Gasteiger partial charge on any atom is -0.657 e. The van der Waals surface area contributed by atoms with E-state index in [0.717, 1.165) is 92.8 Å². The van der Waals surface area contributed by atoms with Crippen LogP contribution in [0.2, 0.25) is 0 Å². The minimum atomic E-state index is -0.872. The Morgan fingerprint density at radius 1 is 0.600 bits per heavy atom. The summed E-state index contributed by atoms with van der Waals surface area (Å²) < 4.78 is 0. The molecule has 234 valence electrons. The first-order valence-electron chi connectivity index (χ1n) is 16.4. The molecule has 5 heterocycles. The van der Waals surface area contributed by atoms with Crippen LogP contribution in [0.5, 0.6) is 0 Å². The van der Waals surface area contributed by atoms with Crippen LogP contribution >= 0.6 is 0 Å². The second-order valence-corrected chi connectivity index (χ2v) is 11.9. The van der Waals surface area contributed by atoms with Crippen molar-refractivity contribution in [2.75, 3.05) is 0 Å². The largest absolute Gasteiger partial charge is 2.00 e. The van der Waals surface area contributed by atoms with Crippen molar-refractivity contribution in [1.82, 2.24) is 19.9 Å². The van der Waals surface area contributed by atoms with Gasteiger partial charge in [-0.25, -0.2) is 9.97 Å². The van der Waals surface area contributed by atoms with Gasteiger partial charge in [0.2, 0.25) is 0 Å². The van der Waals surface area contributed by atoms with Gasteiger partial charge in [-0.3, -0.25) is 0 Å². The smallest absolute Gasteiger partial charge is 0.657 e. The fourth-order valence-electron chi connectivity index (χ4n) is 6.21. The van der Waals surface area contributed by atoms with E-state index in [-0.39, 0.29) is 16.5 Å². The normalized spacial score (nSPS) is 12.8. The van der Waals surface area contributed by atoms with E-state index in [1.807, 2.05) is 42.5 Å². The third kappa shape index (κ3) is 7.57. The average Bonchev–Trinajstić information content (AvgIpc) is 3.87. The molecule has 0 aliphatic carbocycles. The van der Waals surface area contributed by atoms with Crippen LogP contribution < -0.4 is 9.97 Å². The summed E-state index contributed by atoms with van der Waals surface area (Å²) in [5, 5.41) is 11.8. The summed E-state index contributed by atoms with van der Waals surface area (Å²) >= 11 is 0. The molecule has 0 saturated carbocycles. The molecule has 2 aliphatic rings. The Morgan fingerprint density at radius 2 is 1.09 bits per heavy atom. The van der Waals surface area contributed by atoms with Crippen molar-refractivity contribution in [3.8, 4) is 0 Å². The number of hydrogen-bond donors (Lipinski definition) is 1. The number of aryl methyl sites for hydroxylation is 2. The molecule has 0 spiro atoms. The van der Waals surface area contributed by atoms with E-state index >= 15 is 0 Å². The molecule has 0 radical (unpaired) electrons. The van der Waals surface area contributed by atoms with Gasteiger partial charge >= 0.3 is 16.5 Å². The zero-order valence-electron chi connectivity index (χ0n) is 26.3. The number of unbranched alkanes of at least 4 members (excludes halogenated alkanes) is 6. The zero-order chi connectivity index (χ0) is 30.3. The molecule has 1 unspecified atom stereocenters. The van der Waals surface area contributed by atoms with Crippen LogP contribution in [0.3, 0.4) is 0 Å². The van der Waals surface area contributed by atoms with Crippen molar-refractivity contribution in [1.29, 1.82) is 0 Å². The molecule has 1 N–H and O–H groups in total. The van der Waals surface area contributed by atoms with Crippen LogP contribution in [0.4, 0.5) is 0 Å². The summed E-state index contributed by atoms with van der Waals surface area (Å²) in [6.07, 6.45) is 18.6. The Hall–Kier alpha value is -3.73. The van der Waals surface area contributed by atoms with E-state index in [1.165, 1.54) is 38.5 Å². The molecule has 6 heteroatoms. The third-order valence-electron chi connectivity index (χ3n) is 8.64. The zero-order valence-corrected chi connectivity index (χ0v) is 27.3. The van der Waals surface area contributed by atoms with Crippen LogP contribution in [0.15, 0.2) is 60.7 Å². The molecule has 6 rings (SSSR count). The molecule has 0 saturated heterocycles. The van der Waals surface area contributed by atoms with E-state index < -0.39 is 6.10 Å². The van der Waals surface area contributed by atoms with Crippen molar-refractivity contribution >= 4 is 46.4 Å². The Kier molecular flexibility index (Phi) is 11.3. The van der Waals surface area contributed by atoms with Gasteiger partial charge in [-0.2, -0.15) is 0 Å². The fourth-order valence-corrected chi connectivity index (χ4v) is 6.21. The second kappa shape index (κ2) is 15.5. The first-order valence-corrected chi connectivity index (χ1v) is 16.4. The summed E-state index contributed by atoms with van der Waals surface area (Å²) in [5.74, 6) is 0. The molecule has 2 aliphatic heterocycles. The summed E-state index contributed by atoms with van der Waals surface area (Å²) in [4.78, 5) is 20.4. The number of fused-ring (bicyclic) bond motifs is 8. The number of benzene rings is 1. The van der Waals surface area contributed by atoms with E-state index in [0.29, 0.717) is 0 Å². The molecule has 45 heavy (non-hydrogen) atoms. The summed E-state index contributed by atoms with van der Waals surface area (Å²) in [7, 11) is 0. The van der Waals surface area contributed by atoms with Gasteiger partial charge in [-0.15, -0.1) is 22.1 Å². The van der Waals surface area contributed by atoms with Gasteiger partial charge in [0.15, 0.2) is 0 Å². The van der Waals surface area contributed by atoms with Gasteiger partial charge in [-0.05, 0) is 78.3 Å². The van der Waals surface area contributed by atoms with Gasteiger partial charge in [-0.1, -0.05) is 107 Å². The van der Waals surface area contributed by atoms with Gasteiger partial charge in [0.05, 0.1) is 22.8 Å². The predicted octanol–water partition coefficient (Wildman–Crippen LogP) is 9.24. The Balaban J connectivity index is 0.00000400. The van der Waals surface area contributed by atoms with Crippen molar-refractivity contribution in [2.24, 2.45) is 0 Å². The predicted molar refractivity (Wildman–Crippen MR) is 183 cm³/mol. The van der Waals surface area contributed by atoms with Crippen LogP contribution in [0, 0.1) is 0 Å². The van der Waals surface area contributed by atoms with Crippen LogP contribution in [-0.4, -0.2) is 15.1 Å². The Bertz CT molecular complexity index is 1710.